The molecule has 0 aliphatic carbocycles. The number of nitrogens with two attached hydrogens (primary N) is 1. The summed E-state index contributed by atoms with van der Waals surface area (Å²) in [7, 11) is -2.05. The summed E-state index contributed by atoms with van der Waals surface area (Å²) in [6.07, 6.45) is 0.661. The molecule has 1 heterocycles. The lowest BCUT2D eigenvalue weighted by Crippen LogP contribution is -2.53. The van der Waals surface area contributed by atoms with Crippen LogP contribution in [-0.4, -0.2) is 39.0 Å². The van der Waals surface area contributed by atoms with Gasteiger partial charge in [-0.05, 0) is 39.9 Å². The lowest BCUT2D eigenvalue weighted by atomic mass is 9.81. The molecule has 21 heavy (non-hydrogen) atoms. The molecule has 0 saturated carbocycles. The molecule has 7 heteroatoms. The van der Waals surface area contributed by atoms with E-state index in [0.29, 0.717) is 29.7 Å². The molecule has 1 aliphatic heterocycles. The molecule has 1 unspecified atom stereocenters. The Hall–Kier alpha value is -0.630. The number of benzene rings is 1. The fraction of sp³-hybridized carbons (Fsp3) is 0.571. The van der Waals surface area contributed by atoms with Crippen molar-refractivity contribution >= 4 is 26.0 Å². The van der Waals surface area contributed by atoms with Crippen LogP contribution in [0.1, 0.15) is 20.3 Å². The number of rotatable bonds is 3. The summed E-state index contributed by atoms with van der Waals surface area (Å²) in [5.41, 5.74) is 5.84. The van der Waals surface area contributed by atoms with Gasteiger partial charge in [-0.1, -0.05) is 13.8 Å². The van der Waals surface area contributed by atoms with Gasteiger partial charge in [-0.2, -0.15) is 4.31 Å². The SMILES string of the molecule is COc1ccc(Br)c(S(=O)(=O)N2CCC(N)C(C)(C)C2)c1. The lowest BCUT2D eigenvalue weighted by molar-refractivity contribution is 0.155. The predicted molar refractivity (Wildman–Crippen MR) is 85.8 cm³/mol. The maximum Gasteiger partial charge on any atom is 0.244 e. The Labute approximate surface area is 134 Å². The van der Waals surface area contributed by atoms with Crippen molar-refractivity contribution in [3.8, 4) is 5.75 Å². The van der Waals surface area contributed by atoms with Crippen LogP contribution in [-0.2, 0) is 10.0 Å². The van der Waals surface area contributed by atoms with Gasteiger partial charge in [-0.3, -0.25) is 0 Å². The Bertz CT molecular complexity index is 631. The van der Waals surface area contributed by atoms with E-state index in [1.165, 1.54) is 11.4 Å². The van der Waals surface area contributed by atoms with E-state index in [2.05, 4.69) is 15.9 Å². The van der Waals surface area contributed by atoms with Crippen LogP contribution >= 0.6 is 15.9 Å². The Morgan fingerprint density at radius 2 is 2.10 bits per heavy atom. The minimum absolute atomic E-state index is 0.0118. The largest absolute Gasteiger partial charge is 0.497 e. The second kappa shape index (κ2) is 5.87. The van der Waals surface area contributed by atoms with Crippen molar-refractivity contribution in [3.05, 3.63) is 22.7 Å². The van der Waals surface area contributed by atoms with Crippen molar-refractivity contribution in [1.29, 1.82) is 0 Å². The highest BCUT2D eigenvalue weighted by atomic mass is 79.9. The summed E-state index contributed by atoms with van der Waals surface area (Å²) >= 11 is 3.32. The van der Waals surface area contributed by atoms with Gasteiger partial charge in [-0.15, -0.1) is 0 Å². The number of hydrogen-bond donors (Lipinski definition) is 1. The van der Waals surface area contributed by atoms with Gasteiger partial charge in [0.2, 0.25) is 10.0 Å². The molecule has 1 atom stereocenters. The summed E-state index contributed by atoms with van der Waals surface area (Å²) in [6.45, 7) is 4.86. The standard InChI is InChI=1S/C14H21BrN2O3S/c1-14(2)9-17(7-6-13(14)16)21(18,19)12-8-10(20-3)4-5-11(12)15/h4-5,8,13H,6-7,9,16H2,1-3H3. The Morgan fingerprint density at radius 1 is 1.43 bits per heavy atom. The average Bonchev–Trinajstić information content (AvgIpc) is 2.42. The van der Waals surface area contributed by atoms with Gasteiger partial charge in [0.05, 0.1) is 7.11 Å². The van der Waals surface area contributed by atoms with Crippen LogP contribution in [0.15, 0.2) is 27.6 Å². The Morgan fingerprint density at radius 3 is 2.67 bits per heavy atom. The normalized spacial score (nSPS) is 23.0. The van der Waals surface area contributed by atoms with Gasteiger partial charge < -0.3 is 10.5 Å². The van der Waals surface area contributed by atoms with E-state index in [9.17, 15) is 8.42 Å². The molecule has 118 valence electrons. The zero-order chi connectivity index (χ0) is 15.8. The molecular formula is C14H21BrN2O3S. The number of methoxy groups -OCH3 is 1. The fourth-order valence-electron chi connectivity index (χ4n) is 2.48. The smallest absolute Gasteiger partial charge is 0.244 e. The molecule has 0 aromatic heterocycles. The van der Waals surface area contributed by atoms with Crippen LogP contribution in [0.25, 0.3) is 0 Å². The van der Waals surface area contributed by atoms with E-state index in [0.717, 1.165) is 0 Å². The topological polar surface area (TPSA) is 72.6 Å². The molecule has 1 aliphatic rings. The van der Waals surface area contributed by atoms with E-state index >= 15 is 0 Å². The third-order valence-corrected chi connectivity index (χ3v) is 6.87. The maximum absolute atomic E-state index is 12.9. The van der Waals surface area contributed by atoms with E-state index in [-0.39, 0.29) is 16.4 Å². The molecule has 2 rings (SSSR count). The molecule has 2 N–H and O–H groups in total. The zero-order valence-corrected chi connectivity index (χ0v) is 14.9. The van der Waals surface area contributed by atoms with Crippen molar-refractivity contribution in [3.63, 3.8) is 0 Å². The molecule has 5 nitrogen and oxygen atoms in total. The van der Waals surface area contributed by atoms with E-state index in [1.807, 2.05) is 13.8 Å². The van der Waals surface area contributed by atoms with Gasteiger partial charge in [0, 0.05) is 29.7 Å². The van der Waals surface area contributed by atoms with Crippen LogP contribution in [0, 0.1) is 5.41 Å². The minimum atomic E-state index is -3.57. The summed E-state index contributed by atoms with van der Waals surface area (Å²) in [6, 6.07) is 4.96. The van der Waals surface area contributed by atoms with Crippen LogP contribution in [0.5, 0.6) is 5.75 Å². The first-order valence-electron chi connectivity index (χ1n) is 6.78. The minimum Gasteiger partial charge on any atom is -0.497 e. The van der Waals surface area contributed by atoms with Crippen LogP contribution < -0.4 is 10.5 Å². The molecule has 0 radical (unpaired) electrons. The highest BCUT2D eigenvalue weighted by Gasteiger charge is 2.39. The maximum atomic E-state index is 12.9. The predicted octanol–water partition coefficient (Wildman–Crippen LogP) is 2.21. The van der Waals surface area contributed by atoms with Gasteiger partial charge in [0.15, 0.2) is 0 Å². The monoisotopic (exact) mass is 376 g/mol. The second-order valence-electron chi connectivity index (χ2n) is 6.02. The highest BCUT2D eigenvalue weighted by molar-refractivity contribution is 9.10. The fourth-order valence-corrected chi connectivity index (χ4v) is 5.04. The molecular weight excluding hydrogens is 356 g/mol. The average molecular weight is 377 g/mol. The summed E-state index contributed by atoms with van der Waals surface area (Å²) in [5, 5.41) is 0. The molecule has 1 aromatic carbocycles. The highest BCUT2D eigenvalue weighted by Crippen LogP contribution is 2.34. The van der Waals surface area contributed by atoms with Crippen molar-refractivity contribution in [1.82, 2.24) is 4.31 Å². The third kappa shape index (κ3) is 3.26. The van der Waals surface area contributed by atoms with Crippen molar-refractivity contribution in [2.45, 2.75) is 31.2 Å². The lowest BCUT2D eigenvalue weighted by Gasteiger charge is -2.41. The summed E-state index contributed by atoms with van der Waals surface area (Å²) in [5.74, 6) is 0.518. The van der Waals surface area contributed by atoms with E-state index in [4.69, 9.17) is 10.5 Å². The molecule has 1 aromatic rings. The van der Waals surface area contributed by atoms with Gasteiger partial charge >= 0.3 is 0 Å². The number of nitrogens with zero attached hydrogens (tertiary/aromatic N) is 1. The van der Waals surface area contributed by atoms with Crippen LogP contribution in [0.2, 0.25) is 0 Å². The van der Waals surface area contributed by atoms with Crippen LogP contribution in [0.3, 0.4) is 0 Å². The molecule has 1 fully saturated rings. The van der Waals surface area contributed by atoms with Crippen molar-refractivity contribution in [2.75, 3.05) is 20.2 Å². The zero-order valence-electron chi connectivity index (χ0n) is 12.5. The number of piperidine rings is 1. The van der Waals surface area contributed by atoms with E-state index in [1.54, 1.807) is 18.2 Å². The first-order valence-corrected chi connectivity index (χ1v) is 9.01. The first-order chi connectivity index (χ1) is 9.68. The Balaban J connectivity index is 2.39. The molecule has 0 amide bonds. The van der Waals surface area contributed by atoms with Crippen molar-refractivity contribution < 1.29 is 13.2 Å². The second-order valence-corrected chi connectivity index (χ2v) is 8.78. The first kappa shape index (κ1) is 16.7. The number of sulfonamides is 1. The summed E-state index contributed by atoms with van der Waals surface area (Å²) in [4.78, 5) is 0.230. The number of ether oxygens (including phenoxy) is 1. The Kier molecular flexibility index (Phi) is 4.68. The van der Waals surface area contributed by atoms with Crippen molar-refractivity contribution in [2.24, 2.45) is 11.1 Å². The van der Waals surface area contributed by atoms with Gasteiger partial charge in [0.25, 0.3) is 0 Å². The van der Waals surface area contributed by atoms with Gasteiger partial charge in [0.1, 0.15) is 10.6 Å². The van der Waals surface area contributed by atoms with Crippen LogP contribution in [0.4, 0.5) is 0 Å². The third-order valence-electron chi connectivity index (χ3n) is 4.03. The quantitative estimate of drug-likeness (QED) is 0.877. The van der Waals surface area contributed by atoms with Gasteiger partial charge in [-0.25, -0.2) is 8.42 Å². The summed E-state index contributed by atoms with van der Waals surface area (Å²) < 4.78 is 32.9. The van der Waals surface area contributed by atoms with E-state index < -0.39 is 10.0 Å². The molecule has 1 saturated heterocycles. The number of hydrogen-bond acceptors (Lipinski definition) is 4. The molecule has 0 bridgehead atoms. The molecule has 0 spiro atoms. The number of halogens is 1.